The number of benzene rings is 1. The van der Waals surface area contributed by atoms with Crippen LogP contribution in [0.5, 0.6) is 0 Å². The van der Waals surface area contributed by atoms with Gasteiger partial charge in [-0.1, -0.05) is 11.6 Å². The summed E-state index contributed by atoms with van der Waals surface area (Å²) in [5.74, 6) is 0.314. The van der Waals surface area contributed by atoms with Gasteiger partial charge in [-0.2, -0.15) is 11.8 Å². The molecule has 0 spiro atoms. The Bertz CT molecular complexity index is 353. The molecule has 5 heteroatoms. The molecule has 1 unspecified atom stereocenters. The quantitative estimate of drug-likeness (QED) is 0.839. The fourth-order valence-corrected chi connectivity index (χ4v) is 2.52. The van der Waals surface area contributed by atoms with Gasteiger partial charge in [0.1, 0.15) is 5.82 Å². The number of hydrogen-bond acceptors (Lipinski definition) is 3. The van der Waals surface area contributed by atoms with Crippen molar-refractivity contribution in [1.29, 1.82) is 0 Å². The first-order valence-electron chi connectivity index (χ1n) is 5.30. The highest BCUT2D eigenvalue weighted by Gasteiger charge is 2.18. The predicted molar refractivity (Wildman–Crippen MR) is 72.1 cm³/mol. The first-order valence-corrected chi connectivity index (χ1v) is 7.07. The molecule has 1 aromatic carbocycles. The molecule has 0 saturated carbocycles. The summed E-state index contributed by atoms with van der Waals surface area (Å²) in [5.41, 5.74) is 0.0197. The molecule has 0 heterocycles. The summed E-state index contributed by atoms with van der Waals surface area (Å²) in [6.07, 6.45) is 1.95. The van der Waals surface area contributed by atoms with E-state index in [0.717, 1.165) is 5.56 Å². The zero-order valence-corrected chi connectivity index (χ0v) is 11.5. The lowest BCUT2D eigenvalue weighted by atomic mass is 10.1. The highest BCUT2D eigenvalue weighted by atomic mass is 35.5. The van der Waals surface area contributed by atoms with E-state index in [1.54, 1.807) is 24.8 Å². The Balaban J connectivity index is 2.45. The molecule has 1 aromatic rings. The molecule has 1 atom stereocenters. The van der Waals surface area contributed by atoms with E-state index in [-0.39, 0.29) is 5.82 Å². The standard InChI is InChI=1S/C12H17ClFNOS/c1-12(16,8-17-2)7-15-6-9-3-10(13)5-11(14)4-9/h3-5,15-16H,6-8H2,1-2H3. The lowest BCUT2D eigenvalue weighted by molar-refractivity contribution is 0.0846. The Morgan fingerprint density at radius 1 is 1.47 bits per heavy atom. The molecular formula is C12H17ClFNOS. The minimum atomic E-state index is -0.753. The van der Waals surface area contributed by atoms with Crippen LogP contribution in [0.4, 0.5) is 4.39 Å². The van der Waals surface area contributed by atoms with Crippen LogP contribution in [0, 0.1) is 5.82 Å². The molecule has 0 fully saturated rings. The zero-order chi connectivity index (χ0) is 12.9. The molecule has 2 nitrogen and oxygen atoms in total. The normalized spacial score (nSPS) is 14.6. The smallest absolute Gasteiger partial charge is 0.125 e. The minimum absolute atomic E-state index is 0.342. The summed E-state index contributed by atoms with van der Waals surface area (Å²) >= 11 is 7.34. The van der Waals surface area contributed by atoms with Crippen molar-refractivity contribution in [3.63, 3.8) is 0 Å². The Kier molecular flexibility index (Phi) is 5.73. The lowest BCUT2D eigenvalue weighted by Gasteiger charge is -2.22. The third kappa shape index (κ3) is 5.73. The van der Waals surface area contributed by atoms with Crippen molar-refractivity contribution in [2.45, 2.75) is 19.1 Å². The summed E-state index contributed by atoms with van der Waals surface area (Å²) in [4.78, 5) is 0. The number of aliphatic hydroxyl groups is 1. The largest absolute Gasteiger partial charge is 0.388 e. The van der Waals surface area contributed by atoms with Gasteiger partial charge >= 0.3 is 0 Å². The van der Waals surface area contributed by atoms with Crippen molar-refractivity contribution in [2.75, 3.05) is 18.6 Å². The Morgan fingerprint density at radius 2 is 2.18 bits per heavy atom. The Morgan fingerprint density at radius 3 is 2.76 bits per heavy atom. The van der Waals surface area contributed by atoms with Crippen molar-refractivity contribution < 1.29 is 9.50 Å². The number of halogens is 2. The first kappa shape index (κ1) is 14.8. The maximum absolute atomic E-state index is 13.0. The van der Waals surface area contributed by atoms with E-state index in [9.17, 15) is 9.50 Å². The van der Waals surface area contributed by atoms with E-state index < -0.39 is 5.60 Å². The van der Waals surface area contributed by atoms with Gasteiger partial charge in [-0.3, -0.25) is 0 Å². The fourth-order valence-electron chi connectivity index (χ4n) is 1.55. The maximum atomic E-state index is 13.0. The minimum Gasteiger partial charge on any atom is -0.388 e. The maximum Gasteiger partial charge on any atom is 0.125 e. The van der Waals surface area contributed by atoms with Gasteiger partial charge in [0.2, 0.25) is 0 Å². The molecular weight excluding hydrogens is 261 g/mol. The van der Waals surface area contributed by atoms with Crippen molar-refractivity contribution in [2.24, 2.45) is 0 Å². The van der Waals surface area contributed by atoms with Crippen LogP contribution < -0.4 is 5.32 Å². The summed E-state index contributed by atoms with van der Waals surface area (Å²) in [5, 5.41) is 13.4. The molecule has 0 radical (unpaired) electrons. The summed E-state index contributed by atoms with van der Waals surface area (Å²) in [6.45, 7) is 2.72. The van der Waals surface area contributed by atoms with Gasteiger partial charge in [0.25, 0.3) is 0 Å². The van der Waals surface area contributed by atoms with Crippen molar-refractivity contribution >= 4 is 23.4 Å². The van der Waals surface area contributed by atoms with Crippen LogP contribution >= 0.6 is 23.4 Å². The molecule has 2 N–H and O–H groups in total. The highest BCUT2D eigenvalue weighted by molar-refractivity contribution is 7.98. The van der Waals surface area contributed by atoms with E-state index >= 15 is 0 Å². The monoisotopic (exact) mass is 277 g/mol. The van der Waals surface area contributed by atoms with Crippen LogP contribution in [0.1, 0.15) is 12.5 Å². The van der Waals surface area contributed by atoms with E-state index in [1.807, 2.05) is 6.26 Å². The summed E-state index contributed by atoms with van der Waals surface area (Å²) in [6, 6.07) is 4.41. The van der Waals surface area contributed by atoms with Crippen molar-refractivity contribution in [1.82, 2.24) is 5.32 Å². The Labute approximate surface area is 111 Å². The van der Waals surface area contributed by atoms with Gasteiger partial charge in [0.15, 0.2) is 0 Å². The number of rotatable bonds is 6. The second-order valence-electron chi connectivity index (χ2n) is 4.31. The third-order valence-electron chi connectivity index (χ3n) is 2.21. The molecule has 0 amide bonds. The number of hydrogen-bond donors (Lipinski definition) is 2. The first-order chi connectivity index (χ1) is 7.93. The van der Waals surface area contributed by atoms with Crippen LogP contribution in [0.2, 0.25) is 5.02 Å². The van der Waals surface area contributed by atoms with Gasteiger partial charge in [0, 0.05) is 23.9 Å². The lowest BCUT2D eigenvalue weighted by Crippen LogP contribution is -2.39. The fraction of sp³-hybridized carbons (Fsp3) is 0.500. The Hall–Kier alpha value is -0.290. The topological polar surface area (TPSA) is 32.3 Å². The molecule has 17 heavy (non-hydrogen) atoms. The second-order valence-corrected chi connectivity index (χ2v) is 5.61. The molecule has 0 aromatic heterocycles. The molecule has 0 saturated heterocycles. The van der Waals surface area contributed by atoms with Crippen molar-refractivity contribution in [3.05, 3.63) is 34.6 Å². The van der Waals surface area contributed by atoms with Gasteiger partial charge in [-0.05, 0) is 36.9 Å². The molecule has 96 valence electrons. The average Bonchev–Trinajstić information content (AvgIpc) is 2.15. The van der Waals surface area contributed by atoms with Gasteiger partial charge < -0.3 is 10.4 Å². The summed E-state index contributed by atoms with van der Waals surface area (Å²) in [7, 11) is 0. The van der Waals surface area contributed by atoms with Crippen LogP contribution in [0.15, 0.2) is 18.2 Å². The van der Waals surface area contributed by atoms with Crippen LogP contribution in [-0.4, -0.2) is 29.3 Å². The molecule has 0 aliphatic rings. The van der Waals surface area contributed by atoms with Gasteiger partial charge in [0.05, 0.1) is 5.60 Å². The predicted octanol–water partition coefficient (Wildman–Crippen LogP) is 2.68. The SMILES string of the molecule is CSCC(C)(O)CNCc1cc(F)cc(Cl)c1. The third-order valence-corrected chi connectivity index (χ3v) is 3.34. The second kappa shape index (κ2) is 6.59. The van der Waals surface area contributed by atoms with Gasteiger partial charge in [-0.15, -0.1) is 0 Å². The molecule has 1 rings (SSSR count). The highest BCUT2D eigenvalue weighted by Crippen LogP contribution is 2.14. The number of nitrogens with one attached hydrogen (secondary N) is 1. The van der Waals surface area contributed by atoms with E-state index in [0.29, 0.717) is 23.9 Å². The number of thioether (sulfide) groups is 1. The zero-order valence-electron chi connectivity index (χ0n) is 9.96. The van der Waals surface area contributed by atoms with Crippen molar-refractivity contribution in [3.8, 4) is 0 Å². The summed E-state index contributed by atoms with van der Waals surface area (Å²) < 4.78 is 13.0. The van der Waals surface area contributed by atoms with Crippen LogP contribution in [0.3, 0.4) is 0 Å². The van der Waals surface area contributed by atoms with Crippen LogP contribution in [0.25, 0.3) is 0 Å². The van der Waals surface area contributed by atoms with Gasteiger partial charge in [-0.25, -0.2) is 4.39 Å². The van der Waals surface area contributed by atoms with E-state index in [1.165, 1.54) is 12.1 Å². The van der Waals surface area contributed by atoms with E-state index in [4.69, 9.17) is 11.6 Å². The molecule has 0 aliphatic carbocycles. The molecule has 0 aliphatic heterocycles. The van der Waals surface area contributed by atoms with Crippen LogP contribution in [-0.2, 0) is 6.54 Å². The van der Waals surface area contributed by atoms with E-state index in [2.05, 4.69) is 5.32 Å². The molecule has 0 bridgehead atoms. The average molecular weight is 278 g/mol.